The summed E-state index contributed by atoms with van der Waals surface area (Å²) in [6.07, 6.45) is 9.99. The Balaban J connectivity index is 1.70. The van der Waals surface area contributed by atoms with Crippen LogP contribution in [0, 0.1) is 34.5 Å². The second kappa shape index (κ2) is 6.76. The number of hydrogen-bond acceptors (Lipinski definition) is 5. The van der Waals surface area contributed by atoms with Gasteiger partial charge in [0.25, 0.3) is 10.1 Å². The van der Waals surface area contributed by atoms with Crippen molar-refractivity contribution >= 4 is 21.7 Å². The quantitative estimate of drug-likeness (QED) is 0.663. The third-order valence-corrected chi connectivity index (χ3v) is 9.25. The molecular weight excluding hydrogens is 376 g/mol. The molecular formula is C22H32O5S. The van der Waals surface area contributed by atoms with Crippen LogP contribution in [0.15, 0.2) is 11.6 Å². The van der Waals surface area contributed by atoms with E-state index in [0.29, 0.717) is 36.4 Å². The molecule has 0 aliphatic heterocycles. The molecule has 0 unspecified atom stereocenters. The van der Waals surface area contributed by atoms with Gasteiger partial charge in [-0.1, -0.05) is 12.5 Å². The summed E-state index contributed by atoms with van der Waals surface area (Å²) < 4.78 is 28.9. The Bertz CT molecular complexity index is 828. The van der Waals surface area contributed by atoms with Gasteiger partial charge in [0.15, 0.2) is 5.78 Å². The first kappa shape index (κ1) is 20.3. The van der Waals surface area contributed by atoms with Crippen LogP contribution in [0.1, 0.15) is 65.2 Å². The Morgan fingerprint density at radius 1 is 1.14 bits per heavy atom. The highest BCUT2D eigenvalue weighted by Crippen LogP contribution is 2.66. The van der Waals surface area contributed by atoms with Crippen LogP contribution in [-0.4, -0.2) is 32.8 Å². The number of carbonyl (C=O) groups excluding carboxylic acids is 2. The van der Waals surface area contributed by atoms with Gasteiger partial charge in [-0.05, 0) is 81.1 Å². The Morgan fingerprint density at radius 2 is 1.89 bits per heavy atom. The molecule has 3 fully saturated rings. The van der Waals surface area contributed by atoms with Crippen LogP contribution in [0.25, 0.3) is 0 Å². The zero-order valence-corrected chi connectivity index (χ0v) is 18.0. The van der Waals surface area contributed by atoms with E-state index in [1.807, 2.05) is 0 Å². The fraction of sp³-hybridized carbons (Fsp3) is 0.818. The van der Waals surface area contributed by atoms with Crippen molar-refractivity contribution in [2.45, 2.75) is 65.2 Å². The first-order valence-electron chi connectivity index (χ1n) is 10.7. The Kier molecular flexibility index (Phi) is 4.90. The molecule has 0 N–H and O–H groups in total. The number of Topliss-reactive ketones (excluding diaryl/α,β-unsaturated/α-hetero) is 1. The van der Waals surface area contributed by atoms with Gasteiger partial charge in [-0.3, -0.25) is 13.8 Å². The van der Waals surface area contributed by atoms with Crippen LogP contribution in [0.2, 0.25) is 0 Å². The minimum atomic E-state index is -3.54. The van der Waals surface area contributed by atoms with E-state index < -0.39 is 10.1 Å². The Hall–Kier alpha value is -1.01. The lowest BCUT2D eigenvalue weighted by Crippen LogP contribution is -2.53. The van der Waals surface area contributed by atoms with Crippen molar-refractivity contribution in [1.29, 1.82) is 0 Å². The number of carbonyl (C=O) groups is 2. The lowest BCUT2D eigenvalue weighted by Gasteiger charge is -2.58. The van der Waals surface area contributed by atoms with Crippen LogP contribution in [-0.2, 0) is 23.9 Å². The lowest BCUT2D eigenvalue weighted by molar-refractivity contribution is -0.129. The molecule has 0 saturated heterocycles. The van der Waals surface area contributed by atoms with E-state index in [2.05, 4.69) is 6.92 Å². The molecule has 0 bridgehead atoms. The number of rotatable bonds is 4. The van der Waals surface area contributed by atoms with Crippen molar-refractivity contribution in [3.63, 3.8) is 0 Å². The van der Waals surface area contributed by atoms with Gasteiger partial charge < -0.3 is 0 Å². The first-order valence-corrected chi connectivity index (χ1v) is 12.5. The van der Waals surface area contributed by atoms with Gasteiger partial charge in [0.2, 0.25) is 0 Å². The standard InChI is InChI=1S/C22H32O5S/c1-14(23)18-6-7-19-17-5-4-15-12-16(24)8-11-22(15,13-27-28(3,25)26)20(17)9-10-21(18,19)2/h12,17-20H,4-11,13H2,1-3H3/t17-,18+,19-,20-,21+,22+/m0/s1. The molecule has 28 heavy (non-hydrogen) atoms. The molecule has 4 rings (SSSR count). The topological polar surface area (TPSA) is 77.5 Å². The predicted octanol–water partition coefficient (Wildman–Crippen LogP) is 3.68. The van der Waals surface area contributed by atoms with Crippen LogP contribution >= 0.6 is 0 Å². The molecule has 0 radical (unpaired) electrons. The van der Waals surface area contributed by atoms with E-state index in [0.717, 1.165) is 50.4 Å². The van der Waals surface area contributed by atoms with Crippen molar-refractivity contribution in [1.82, 2.24) is 0 Å². The summed E-state index contributed by atoms with van der Waals surface area (Å²) in [5, 5.41) is 0. The number of ketones is 2. The van der Waals surface area contributed by atoms with E-state index in [-0.39, 0.29) is 29.1 Å². The molecule has 5 nitrogen and oxygen atoms in total. The molecule has 0 heterocycles. The van der Waals surface area contributed by atoms with Gasteiger partial charge in [-0.25, -0.2) is 0 Å². The summed E-state index contributed by atoms with van der Waals surface area (Å²) in [6, 6.07) is 0. The average Bonchev–Trinajstić information content (AvgIpc) is 2.97. The minimum absolute atomic E-state index is 0.0670. The van der Waals surface area contributed by atoms with Crippen LogP contribution in [0.5, 0.6) is 0 Å². The van der Waals surface area contributed by atoms with Gasteiger partial charge in [-0.15, -0.1) is 0 Å². The average molecular weight is 409 g/mol. The molecule has 156 valence electrons. The molecule has 0 aromatic carbocycles. The predicted molar refractivity (Wildman–Crippen MR) is 106 cm³/mol. The van der Waals surface area contributed by atoms with Crippen LogP contribution in [0.4, 0.5) is 0 Å². The third-order valence-electron chi connectivity index (χ3n) is 8.71. The number of hydrogen-bond donors (Lipinski definition) is 0. The van der Waals surface area contributed by atoms with E-state index in [4.69, 9.17) is 4.18 Å². The normalized spacial score (nSPS) is 43.0. The molecule has 0 spiro atoms. The smallest absolute Gasteiger partial charge is 0.264 e. The third kappa shape index (κ3) is 3.11. The summed E-state index contributed by atoms with van der Waals surface area (Å²) in [4.78, 5) is 24.4. The Morgan fingerprint density at radius 3 is 2.57 bits per heavy atom. The van der Waals surface area contributed by atoms with Gasteiger partial charge in [0.05, 0.1) is 12.9 Å². The first-order chi connectivity index (χ1) is 13.1. The second-order valence-corrected chi connectivity index (χ2v) is 11.6. The van der Waals surface area contributed by atoms with Gasteiger partial charge >= 0.3 is 0 Å². The summed E-state index contributed by atoms with van der Waals surface area (Å²) in [5.74, 6) is 1.96. The molecule has 4 aliphatic carbocycles. The highest BCUT2D eigenvalue weighted by atomic mass is 32.2. The van der Waals surface area contributed by atoms with E-state index in [1.54, 1.807) is 13.0 Å². The SMILES string of the molecule is CC(=O)[C@H]1CC[C@H]2[C@@H]3CCC4=CC(=O)CC[C@]4(COS(C)(=O)=O)[C@H]3CC[C@]12C. The number of fused-ring (bicyclic) bond motifs is 5. The highest BCUT2D eigenvalue weighted by Gasteiger charge is 2.61. The van der Waals surface area contributed by atoms with E-state index >= 15 is 0 Å². The van der Waals surface area contributed by atoms with Crippen LogP contribution < -0.4 is 0 Å². The van der Waals surface area contributed by atoms with Gasteiger partial charge in [0, 0.05) is 17.8 Å². The van der Waals surface area contributed by atoms with Gasteiger partial charge in [0.1, 0.15) is 5.78 Å². The summed E-state index contributed by atoms with van der Waals surface area (Å²) >= 11 is 0. The van der Waals surface area contributed by atoms with E-state index in [1.165, 1.54) is 0 Å². The van der Waals surface area contributed by atoms with Gasteiger partial charge in [-0.2, -0.15) is 8.42 Å². The maximum atomic E-state index is 12.3. The molecule has 0 aromatic rings. The largest absolute Gasteiger partial charge is 0.300 e. The maximum absolute atomic E-state index is 12.3. The van der Waals surface area contributed by atoms with Crippen molar-refractivity contribution in [3.05, 3.63) is 11.6 Å². The fourth-order valence-electron chi connectivity index (χ4n) is 7.51. The second-order valence-electron chi connectivity index (χ2n) is 9.96. The molecule has 6 atom stereocenters. The maximum Gasteiger partial charge on any atom is 0.264 e. The van der Waals surface area contributed by atoms with Crippen molar-refractivity contribution < 1.29 is 22.2 Å². The monoisotopic (exact) mass is 408 g/mol. The zero-order valence-electron chi connectivity index (χ0n) is 17.2. The summed E-state index contributed by atoms with van der Waals surface area (Å²) in [5.41, 5.74) is 0.839. The molecule has 0 amide bonds. The molecule has 0 aromatic heterocycles. The van der Waals surface area contributed by atoms with Crippen molar-refractivity contribution in [2.24, 2.45) is 34.5 Å². The minimum Gasteiger partial charge on any atom is -0.300 e. The summed E-state index contributed by atoms with van der Waals surface area (Å²) in [6.45, 7) is 4.20. The fourth-order valence-corrected chi connectivity index (χ4v) is 7.94. The van der Waals surface area contributed by atoms with E-state index in [9.17, 15) is 18.0 Å². The van der Waals surface area contributed by atoms with Crippen molar-refractivity contribution in [3.8, 4) is 0 Å². The Labute approximate surface area is 168 Å². The zero-order chi connectivity index (χ0) is 20.3. The van der Waals surface area contributed by atoms with Crippen LogP contribution in [0.3, 0.4) is 0 Å². The molecule has 4 aliphatic rings. The lowest BCUT2D eigenvalue weighted by atomic mass is 9.46. The highest BCUT2D eigenvalue weighted by molar-refractivity contribution is 7.85. The molecule has 6 heteroatoms. The molecule has 3 saturated carbocycles. The van der Waals surface area contributed by atoms with Crippen molar-refractivity contribution in [2.75, 3.05) is 12.9 Å². The summed E-state index contributed by atoms with van der Waals surface area (Å²) in [7, 11) is -3.54.